The van der Waals surface area contributed by atoms with Crippen molar-refractivity contribution in [2.75, 3.05) is 24.3 Å². The molecule has 0 aromatic rings. The Balaban J connectivity index is 2.13. The maximum absolute atomic E-state index is 4.59. The van der Waals surface area contributed by atoms with Crippen molar-refractivity contribution in [2.45, 2.75) is 32.7 Å². The van der Waals surface area contributed by atoms with Crippen molar-refractivity contribution >= 4 is 28.7 Å². The highest BCUT2D eigenvalue weighted by atomic mass is 32.2. The van der Waals surface area contributed by atoms with Crippen LogP contribution in [0.5, 0.6) is 0 Å². The number of aliphatic imine (C=N–C) groups is 1. The summed E-state index contributed by atoms with van der Waals surface area (Å²) in [6, 6.07) is 0.625. The van der Waals surface area contributed by atoms with Gasteiger partial charge < -0.3 is 5.32 Å². The van der Waals surface area contributed by atoms with Gasteiger partial charge >= 0.3 is 0 Å². The molecule has 88 valence electrons. The molecular formula is C11H22N2S2. The minimum atomic E-state index is 0.625. The molecule has 4 heteroatoms. The summed E-state index contributed by atoms with van der Waals surface area (Å²) in [7, 11) is 0. The molecule has 0 aromatic carbocycles. The summed E-state index contributed by atoms with van der Waals surface area (Å²) in [5.41, 5.74) is 0. The van der Waals surface area contributed by atoms with Crippen LogP contribution in [0.15, 0.2) is 4.99 Å². The van der Waals surface area contributed by atoms with Crippen LogP contribution >= 0.6 is 23.5 Å². The number of hydrogen-bond donors (Lipinski definition) is 1. The second kappa shape index (κ2) is 7.44. The Morgan fingerprint density at radius 3 is 2.93 bits per heavy atom. The molecule has 0 bridgehead atoms. The number of nitrogens with zero attached hydrogens (tertiary/aromatic N) is 1. The van der Waals surface area contributed by atoms with Crippen LogP contribution in [0.3, 0.4) is 0 Å². The van der Waals surface area contributed by atoms with Crippen molar-refractivity contribution in [3.8, 4) is 0 Å². The van der Waals surface area contributed by atoms with Gasteiger partial charge in [0.05, 0.1) is 0 Å². The summed E-state index contributed by atoms with van der Waals surface area (Å²) < 4.78 is 0. The van der Waals surface area contributed by atoms with E-state index in [0.717, 1.165) is 11.7 Å². The van der Waals surface area contributed by atoms with E-state index >= 15 is 0 Å². The number of rotatable bonds is 6. The zero-order chi connectivity index (χ0) is 11.1. The lowest BCUT2D eigenvalue weighted by Gasteiger charge is -2.12. The summed E-state index contributed by atoms with van der Waals surface area (Å²) in [6.45, 7) is 5.51. The van der Waals surface area contributed by atoms with Crippen LogP contribution in [-0.4, -0.2) is 35.5 Å². The van der Waals surface area contributed by atoms with Crippen molar-refractivity contribution in [3.63, 3.8) is 0 Å². The Morgan fingerprint density at radius 1 is 1.53 bits per heavy atom. The maximum atomic E-state index is 4.59. The van der Waals surface area contributed by atoms with Crippen molar-refractivity contribution in [1.82, 2.24) is 5.32 Å². The van der Waals surface area contributed by atoms with Crippen molar-refractivity contribution < 1.29 is 0 Å². The van der Waals surface area contributed by atoms with Gasteiger partial charge in [0.15, 0.2) is 5.17 Å². The number of hydrogen-bond acceptors (Lipinski definition) is 3. The fraction of sp³-hybridized carbons (Fsp3) is 0.909. The third-order valence-corrected chi connectivity index (χ3v) is 4.27. The van der Waals surface area contributed by atoms with Gasteiger partial charge in [-0.3, -0.25) is 4.99 Å². The molecule has 0 amide bonds. The van der Waals surface area contributed by atoms with E-state index in [-0.39, 0.29) is 0 Å². The summed E-state index contributed by atoms with van der Waals surface area (Å²) in [6.07, 6.45) is 4.67. The van der Waals surface area contributed by atoms with E-state index in [0.29, 0.717) is 12.0 Å². The average molecular weight is 246 g/mol. The molecular weight excluding hydrogens is 224 g/mol. The van der Waals surface area contributed by atoms with E-state index in [1.165, 1.54) is 24.3 Å². The summed E-state index contributed by atoms with van der Waals surface area (Å²) in [4.78, 5) is 4.59. The van der Waals surface area contributed by atoms with E-state index in [1.54, 1.807) is 0 Å². The van der Waals surface area contributed by atoms with Crippen LogP contribution < -0.4 is 5.32 Å². The van der Waals surface area contributed by atoms with Crippen LogP contribution in [0, 0.1) is 5.92 Å². The number of amidine groups is 1. The maximum Gasteiger partial charge on any atom is 0.156 e. The third-order valence-electron chi connectivity index (χ3n) is 2.53. The van der Waals surface area contributed by atoms with Gasteiger partial charge in [-0.05, 0) is 30.8 Å². The van der Waals surface area contributed by atoms with E-state index in [2.05, 4.69) is 30.4 Å². The monoisotopic (exact) mass is 246 g/mol. The van der Waals surface area contributed by atoms with Crippen LogP contribution in [0.1, 0.15) is 26.7 Å². The third kappa shape index (κ3) is 5.16. The van der Waals surface area contributed by atoms with E-state index < -0.39 is 0 Å². The predicted molar refractivity (Wildman–Crippen MR) is 74.1 cm³/mol. The Hall–Kier alpha value is 0.170. The van der Waals surface area contributed by atoms with Gasteiger partial charge in [-0.25, -0.2) is 0 Å². The minimum Gasteiger partial charge on any atom is -0.361 e. The Kier molecular flexibility index (Phi) is 6.57. The van der Waals surface area contributed by atoms with Gasteiger partial charge in [0.25, 0.3) is 0 Å². The molecule has 1 rings (SSSR count). The number of thioether (sulfide) groups is 2. The molecule has 1 saturated heterocycles. The number of unbranched alkanes of at least 4 members (excludes halogenated alkanes) is 1. The number of nitrogens with one attached hydrogen (secondary N) is 1. The fourth-order valence-electron chi connectivity index (χ4n) is 1.40. The quantitative estimate of drug-likeness (QED) is 0.729. The summed E-state index contributed by atoms with van der Waals surface area (Å²) >= 11 is 3.80. The second-order valence-electron chi connectivity index (χ2n) is 4.19. The predicted octanol–water partition coefficient (Wildman–Crippen LogP) is 2.85. The van der Waals surface area contributed by atoms with Crippen LogP contribution in [0.4, 0.5) is 0 Å². The lowest BCUT2D eigenvalue weighted by molar-refractivity contribution is 0.503. The minimum absolute atomic E-state index is 0.625. The van der Waals surface area contributed by atoms with Gasteiger partial charge in [0.2, 0.25) is 0 Å². The zero-order valence-corrected chi connectivity index (χ0v) is 11.6. The highest BCUT2D eigenvalue weighted by Crippen LogP contribution is 2.19. The van der Waals surface area contributed by atoms with Gasteiger partial charge in [-0.1, -0.05) is 25.6 Å². The van der Waals surface area contributed by atoms with Gasteiger partial charge in [-0.15, -0.1) is 0 Å². The van der Waals surface area contributed by atoms with Gasteiger partial charge in [-0.2, -0.15) is 11.8 Å². The molecule has 1 N–H and O–H groups in total. The Bertz CT molecular complexity index is 205. The molecule has 1 fully saturated rings. The van der Waals surface area contributed by atoms with Gasteiger partial charge in [0.1, 0.15) is 0 Å². The van der Waals surface area contributed by atoms with Crippen LogP contribution in [0.25, 0.3) is 0 Å². The van der Waals surface area contributed by atoms with E-state index in [4.69, 9.17) is 0 Å². The van der Waals surface area contributed by atoms with Crippen LogP contribution in [-0.2, 0) is 0 Å². The lowest BCUT2D eigenvalue weighted by atomic mass is 10.1. The normalized spacial score (nSPS) is 23.7. The average Bonchev–Trinajstić information content (AvgIpc) is 2.66. The molecule has 0 spiro atoms. The zero-order valence-electron chi connectivity index (χ0n) is 9.95. The molecule has 2 nitrogen and oxygen atoms in total. The van der Waals surface area contributed by atoms with Crippen molar-refractivity contribution in [2.24, 2.45) is 10.9 Å². The largest absolute Gasteiger partial charge is 0.361 e. The first kappa shape index (κ1) is 13.2. The lowest BCUT2D eigenvalue weighted by Crippen LogP contribution is -2.31. The van der Waals surface area contributed by atoms with E-state index in [9.17, 15) is 0 Å². The molecule has 1 atom stereocenters. The van der Waals surface area contributed by atoms with Crippen molar-refractivity contribution in [1.29, 1.82) is 0 Å². The Morgan fingerprint density at radius 2 is 2.33 bits per heavy atom. The molecule has 0 radical (unpaired) electrons. The molecule has 0 unspecified atom stereocenters. The molecule has 0 aromatic heterocycles. The topological polar surface area (TPSA) is 24.4 Å². The highest BCUT2D eigenvalue weighted by Gasteiger charge is 2.22. The molecule has 15 heavy (non-hydrogen) atoms. The summed E-state index contributed by atoms with van der Waals surface area (Å²) in [5.74, 6) is 3.16. The summed E-state index contributed by atoms with van der Waals surface area (Å²) in [5, 5.41) is 4.65. The first-order valence-electron chi connectivity index (χ1n) is 5.66. The standard InChI is InChI=1S/C11H22N2S2/c1-9(2)10-8-15-11(13-10)12-6-4-5-7-14-3/h9-10H,4-8H2,1-3H3,(H,12,13)/t10-/m1/s1. The van der Waals surface area contributed by atoms with Crippen LogP contribution in [0.2, 0.25) is 0 Å². The Labute approximate surface area is 102 Å². The molecule has 0 saturated carbocycles. The molecule has 1 aliphatic heterocycles. The first-order chi connectivity index (χ1) is 7.24. The smallest absolute Gasteiger partial charge is 0.156 e. The molecule has 1 aliphatic rings. The fourth-order valence-corrected chi connectivity index (χ4v) is 3.12. The first-order valence-corrected chi connectivity index (χ1v) is 8.04. The van der Waals surface area contributed by atoms with Crippen molar-refractivity contribution in [3.05, 3.63) is 0 Å². The van der Waals surface area contributed by atoms with E-state index in [1.807, 2.05) is 23.5 Å². The molecule has 1 heterocycles. The molecule has 0 aliphatic carbocycles. The SMILES string of the molecule is CSCCCCN=C1N[C@@H](C(C)C)CS1. The highest BCUT2D eigenvalue weighted by molar-refractivity contribution is 8.14. The second-order valence-corrected chi connectivity index (χ2v) is 6.19. The van der Waals surface area contributed by atoms with Gasteiger partial charge in [0, 0.05) is 18.3 Å².